The molecule has 1 amide bonds. The van der Waals surface area contributed by atoms with Crippen LogP contribution in [0.2, 0.25) is 10.0 Å². The summed E-state index contributed by atoms with van der Waals surface area (Å²) in [5.74, 6) is -0.363. The number of carbonyl (C=O) groups is 1. The van der Waals surface area contributed by atoms with Gasteiger partial charge in [-0.1, -0.05) is 81.2 Å². The Hall–Kier alpha value is -2.38. The molecule has 0 aliphatic rings. The van der Waals surface area contributed by atoms with E-state index in [4.69, 9.17) is 23.2 Å². The average Bonchev–Trinajstić information content (AvgIpc) is 2.78. The molecule has 1 N–H and O–H groups in total. The maximum atomic E-state index is 13.1. The molecule has 3 rings (SSSR count). The molecule has 0 saturated heterocycles. The molecule has 3 aromatic rings. The number of sulfonamides is 1. The first-order chi connectivity index (χ1) is 17.3. The van der Waals surface area contributed by atoms with E-state index in [-0.39, 0.29) is 23.2 Å². The van der Waals surface area contributed by atoms with Gasteiger partial charge in [0.25, 0.3) is 10.0 Å². The largest absolute Gasteiger partial charge is 0.305 e. The molecule has 0 spiro atoms. The molecule has 0 radical (unpaired) electrons. The van der Waals surface area contributed by atoms with E-state index in [9.17, 15) is 13.2 Å². The zero-order chi connectivity index (χ0) is 27.5. The molecule has 5 nitrogen and oxygen atoms in total. The molecular formula is C29H34Cl2N2O3S. The fourth-order valence-electron chi connectivity index (χ4n) is 4.38. The van der Waals surface area contributed by atoms with Gasteiger partial charge in [-0.2, -0.15) is 0 Å². The van der Waals surface area contributed by atoms with Crippen LogP contribution in [0.1, 0.15) is 61.8 Å². The highest BCUT2D eigenvalue weighted by molar-refractivity contribution is 7.90. The Labute approximate surface area is 230 Å². The first-order valence-electron chi connectivity index (χ1n) is 12.2. The van der Waals surface area contributed by atoms with Crippen LogP contribution in [0.3, 0.4) is 0 Å². The Kier molecular flexibility index (Phi) is 9.46. The van der Waals surface area contributed by atoms with Gasteiger partial charge in [0.1, 0.15) is 0 Å². The SMILES string of the molecule is CC(C)c1cc(-c2ccc(Cl)cc2Cl)cc(C(C)C)c1CC(=O)NS(=O)(=O)c1ccc(CN(C)C)cc1. The Morgan fingerprint density at radius 3 is 1.95 bits per heavy atom. The van der Waals surface area contributed by atoms with Crippen molar-refractivity contribution in [3.63, 3.8) is 0 Å². The molecule has 0 unspecified atom stereocenters. The van der Waals surface area contributed by atoms with Gasteiger partial charge in [0.2, 0.25) is 5.91 Å². The summed E-state index contributed by atoms with van der Waals surface area (Å²) in [6, 6.07) is 16.0. The standard InChI is InChI=1S/C29H34Cl2N2O3S/c1-18(2)25-13-21(24-12-9-22(30)15-28(24)31)14-26(19(3)4)27(25)16-29(34)32-37(35,36)23-10-7-20(8-11-23)17-33(5)6/h7-15,18-19H,16-17H2,1-6H3,(H,32,34). The van der Waals surface area contributed by atoms with E-state index in [2.05, 4.69) is 32.4 Å². The molecule has 3 aromatic carbocycles. The topological polar surface area (TPSA) is 66.5 Å². The molecule has 0 aromatic heterocycles. The minimum absolute atomic E-state index is 0.0480. The van der Waals surface area contributed by atoms with Crippen molar-refractivity contribution in [2.45, 2.75) is 57.4 Å². The van der Waals surface area contributed by atoms with Gasteiger partial charge in [-0.05, 0) is 78.0 Å². The van der Waals surface area contributed by atoms with Crippen LogP contribution < -0.4 is 4.72 Å². The van der Waals surface area contributed by atoms with E-state index < -0.39 is 15.9 Å². The Balaban J connectivity index is 1.94. The van der Waals surface area contributed by atoms with Crippen molar-refractivity contribution in [1.82, 2.24) is 9.62 Å². The molecule has 8 heteroatoms. The van der Waals surface area contributed by atoms with Crippen LogP contribution >= 0.6 is 23.2 Å². The van der Waals surface area contributed by atoms with E-state index >= 15 is 0 Å². The number of rotatable bonds is 9. The molecular weight excluding hydrogens is 527 g/mol. The lowest BCUT2D eigenvalue weighted by Gasteiger charge is -2.22. The number of benzene rings is 3. The summed E-state index contributed by atoms with van der Waals surface area (Å²) in [4.78, 5) is 15.1. The van der Waals surface area contributed by atoms with Crippen LogP contribution in [0.5, 0.6) is 0 Å². The predicted octanol–water partition coefficient (Wildman–Crippen LogP) is 7.02. The monoisotopic (exact) mass is 560 g/mol. The summed E-state index contributed by atoms with van der Waals surface area (Å²) in [6.45, 7) is 8.92. The van der Waals surface area contributed by atoms with Crippen molar-refractivity contribution in [3.05, 3.63) is 86.9 Å². The summed E-state index contributed by atoms with van der Waals surface area (Å²) < 4.78 is 28.1. The quantitative estimate of drug-likeness (QED) is 0.305. The van der Waals surface area contributed by atoms with Crippen LogP contribution in [0.15, 0.2) is 59.5 Å². The first kappa shape index (κ1) is 29.2. The smallest absolute Gasteiger partial charge is 0.264 e. The molecule has 0 aliphatic carbocycles. The van der Waals surface area contributed by atoms with E-state index in [0.717, 1.165) is 33.4 Å². The molecule has 198 valence electrons. The second-order valence-electron chi connectivity index (χ2n) is 10.2. The number of hydrogen-bond donors (Lipinski definition) is 1. The maximum absolute atomic E-state index is 13.1. The molecule has 0 aliphatic heterocycles. The third-order valence-corrected chi connectivity index (χ3v) is 8.06. The van der Waals surface area contributed by atoms with Gasteiger partial charge in [-0.15, -0.1) is 0 Å². The molecule has 0 fully saturated rings. The maximum Gasteiger partial charge on any atom is 0.264 e. The summed E-state index contributed by atoms with van der Waals surface area (Å²) in [5, 5.41) is 1.11. The summed E-state index contributed by atoms with van der Waals surface area (Å²) in [7, 11) is -0.109. The highest BCUT2D eigenvalue weighted by Gasteiger charge is 2.23. The number of nitrogens with one attached hydrogen (secondary N) is 1. The van der Waals surface area contributed by atoms with E-state index in [1.54, 1.807) is 24.3 Å². The van der Waals surface area contributed by atoms with Crippen molar-refractivity contribution in [2.24, 2.45) is 0 Å². The minimum atomic E-state index is -3.99. The molecule has 0 saturated carbocycles. The first-order valence-corrected chi connectivity index (χ1v) is 14.4. The van der Waals surface area contributed by atoms with Crippen molar-refractivity contribution in [3.8, 4) is 11.1 Å². The van der Waals surface area contributed by atoms with Crippen LogP contribution in [0, 0.1) is 0 Å². The fourth-order valence-corrected chi connectivity index (χ4v) is 5.88. The lowest BCUT2D eigenvalue weighted by Crippen LogP contribution is -2.32. The summed E-state index contributed by atoms with van der Waals surface area (Å²) >= 11 is 12.6. The highest BCUT2D eigenvalue weighted by atomic mass is 35.5. The zero-order valence-electron chi connectivity index (χ0n) is 22.1. The van der Waals surface area contributed by atoms with Gasteiger partial charge in [-0.3, -0.25) is 4.79 Å². The normalized spacial score (nSPS) is 12.0. The number of hydrogen-bond acceptors (Lipinski definition) is 4. The Morgan fingerprint density at radius 1 is 0.892 bits per heavy atom. The third-order valence-electron chi connectivity index (χ3n) is 6.12. The van der Waals surface area contributed by atoms with E-state index in [1.165, 1.54) is 12.1 Å². The van der Waals surface area contributed by atoms with Gasteiger partial charge >= 0.3 is 0 Å². The van der Waals surface area contributed by atoms with Crippen molar-refractivity contribution in [1.29, 1.82) is 0 Å². The second kappa shape index (κ2) is 12.0. The third kappa shape index (κ3) is 7.35. The molecule has 0 atom stereocenters. The fraction of sp³-hybridized carbons (Fsp3) is 0.345. The van der Waals surface area contributed by atoms with Crippen LogP contribution in [0.25, 0.3) is 11.1 Å². The number of halogens is 2. The number of carbonyl (C=O) groups excluding carboxylic acids is 1. The summed E-state index contributed by atoms with van der Waals surface area (Å²) in [5.41, 5.74) is 5.57. The molecule has 37 heavy (non-hydrogen) atoms. The van der Waals surface area contributed by atoms with Gasteiger partial charge < -0.3 is 4.90 Å². The van der Waals surface area contributed by atoms with Crippen molar-refractivity contribution in [2.75, 3.05) is 14.1 Å². The lowest BCUT2D eigenvalue weighted by molar-refractivity contribution is -0.118. The molecule has 0 bridgehead atoms. The predicted molar refractivity (Wildman–Crippen MR) is 153 cm³/mol. The number of amides is 1. The highest BCUT2D eigenvalue weighted by Crippen LogP contribution is 2.37. The van der Waals surface area contributed by atoms with Gasteiger partial charge in [0.15, 0.2) is 0 Å². The van der Waals surface area contributed by atoms with Crippen LogP contribution in [-0.2, 0) is 27.8 Å². The van der Waals surface area contributed by atoms with Crippen molar-refractivity contribution < 1.29 is 13.2 Å². The average molecular weight is 562 g/mol. The van der Waals surface area contributed by atoms with Gasteiger partial charge in [-0.25, -0.2) is 13.1 Å². The van der Waals surface area contributed by atoms with E-state index in [1.807, 2.05) is 37.2 Å². The Bertz CT molecular complexity index is 1350. The number of nitrogens with zero attached hydrogens (tertiary/aromatic N) is 1. The lowest BCUT2D eigenvalue weighted by atomic mass is 9.84. The molecule has 0 heterocycles. The van der Waals surface area contributed by atoms with Crippen LogP contribution in [0.4, 0.5) is 0 Å². The Morgan fingerprint density at radius 2 is 1.46 bits per heavy atom. The van der Waals surface area contributed by atoms with Gasteiger partial charge in [0.05, 0.1) is 11.3 Å². The second-order valence-corrected chi connectivity index (χ2v) is 12.7. The van der Waals surface area contributed by atoms with E-state index in [0.29, 0.717) is 16.6 Å². The summed E-state index contributed by atoms with van der Waals surface area (Å²) in [6.07, 6.45) is -0.0480. The minimum Gasteiger partial charge on any atom is -0.305 e. The van der Waals surface area contributed by atoms with Crippen molar-refractivity contribution >= 4 is 39.1 Å². The zero-order valence-corrected chi connectivity index (χ0v) is 24.4. The van der Waals surface area contributed by atoms with Crippen LogP contribution in [-0.4, -0.2) is 33.3 Å². The van der Waals surface area contributed by atoms with Gasteiger partial charge in [0, 0.05) is 22.2 Å².